The van der Waals surface area contributed by atoms with Crippen LogP contribution >= 0.6 is 11.6 Å². The van der Waals surface area contributed by atoms with Crippen LogP contribution in [-0.4, -0.2) is 18.6 Å². The van der Waals surface area contributed by atoms with Crippen molar-refractivity contribution in [1.29, 1.82) is 5.26 Å². The van der Waals surface area contributed by atoms with E-state index in [2.05, 4.69) is 11.0 Å². The minimum atomic E-state index is -0.729. The Hall–Kier alpha value is -1.24. The van der Waals surface area contributed by atoms with Gasteiger partial charge in [-0.05, 0) is 37.5 Å². The Kier molecular flexibility index (Phi) is 3.28. The summed E-state index contributed by atoms with van der Waals surface area (Å²) >= 11 is 6.02. The molecule has 0 radical (unpaired) electrons. The summed E-state index contributed by atoms with van der Waals surface area (Å²) in [5.74, 6) is 0. The lowest BCUT2D eigenvalue weighted by molar-refractivity contribution is 0.424. The van der Waals surface area contributed by atoms with Gasteiger partial charge in [-0.15, -0.1) is 0 Å². The predicted molar refractivity (Wildman–Crippen MR) is 70.2 cm³/mol. The van der Waals surface area contributed by atoms with E-state index in [0.717, 1.165) is 35.7 Å². The zero-order chi connectivity index (χ0) is 12.5. The maximum absolute atomic E-state index is 9.11. The Balaban J connectivity index is 2.28. The molecule has 0 saturated carbocycles. The van der Waals surface area contributed by atoms with Gasteiger partial charge in [-0.25, -0.2) is 0 Å². The van der Waals surface area contributed by atoms with Crippen LogP contribution in [0, 0.1) is 18.3 Å². The van der Waals surface area contributed by atoms with E-state index in [0.29, 0.717) is 6.54 Å². The Morgan fingerprint density at radius 1 is 1.53 bits per heavy atom. The molecule has 0 spiro atoms. The second kappa shape index (κ2) is 4.56. The minimum absolute atomic E-state index is 0.574. The van der Waals surface area contributed by atoms with Gasteiger partial charge in [0, 0.05) is 23.8 Å². The summed E-state index contributed by atoms with van der Waals surface area (Å²) < 4.78 is 0. The number of aryl methyl sites for hydroxylation is 1. The van der Waals surface area contributed by atoms with Crippen molar-refractivity contribution in [3.05, 3.63) is 28.8 Å². The van der Waals surface area contributed by atoms with Crippen molar-refractivity contribution in [2.75, 3.05) is 18.0 Å². The van der Waals surface area contributed by atoms with Gasteiger partial charge >= 0.3 is 0 Å². The number of halogens is 1. The Labute approximate surface area is 107 Å². The maximum atomic E-state index is 9.11. The smallest absolute Gasteiger partial charge is 0.121 e. The van der Waals surface area contributed by atoms with Crippen molar-refractivity contribution in [1.82, 2.24) is 0 Å². The van der Waals surface area contributed by atoms with E-state index >= 15 is 0 Å². The molecular weight excluding hydrogens is 234 g/mol. The maximum Gasteiger partial charge on any atom is 0.121 e. The van der Waals surface area contributed by atoms with Crippen LogP contribution in [0.1, 0.15) is 18.4 Å². The quantitative estimate of drug-likeness (QED) is 0.832. The van der Waals surface area contributed by atoms with E-state index in [1.807, 2.05) is 25.1 Å². The van der Waals surface area contributed by atoms with Gasteiger partial charge in [0.25, 0.3) is 0 Å². The highest BCUT2D eigenvalue weighted by molar-refractivity contribution is 6.30. The first-order valence-corrected chi connectivity index (χ1v) is 6.13. The monoisotopic (exact) mass is 249 g/mol. The second-order valence-electron chi connectivity index (χ2n) is 4.72. The molecule has 0 amide bonds. The van der Waals surface area contributed by atoms with Crippen LogP contribution in [0.2, 0.25) is 5.02 Å². The summed E-state index contributed by atoms with van der Waals surface area (Å²) in [4.78, 5) is 2.16. The number of nitrogens with zero attached hydrogens (tertiary/aromatic N) is 2. The van der Waals surface area contributed by atoms with E-state index in [9.17, 15) is 0 Å². The van der Waals surface area contributed by atoms with Gasteiger partial charge in [-0.1, -0.05) is 17.7 Å². The van der Waals surface area contributed by atoms with Crippen molar-refractivity contribution in [2.45, 2.75) is 25.3 Å². The fourth-order valence-corrected chi connectivity index (χ4v) is 2.47. The summed E-state index contributed by atoms with van der Waals surface area (Å²) in [5.41, 5.74) is 7.56. The van der Waals surface area contributed by atoms with Gasteiger partial charge in [-0.2, -0.15) is 5.26 Å². The van der Waals surface area contributed by atoms with Crippen LogP contribution in [0.15, 0.2) is 18.2 Å². The third kappa shape index (κ3) is 2.54. The van der Waals surface area contributed by atoms with Gasteiger partial charge < -0.3 is 10.6 Å². The number of nitrogens with two attached hydrogens (primary N) is 1. The highest BCUT2D eigenvalue weighted by Gasteiger charge is 2.32. The van der Waals surface area contributed by atoms with Crippen LogP contribution < -0.4 is 10.6 Å². The normalized spacial score (nSPS) is 24.5. The van der Waals surface area contributed by atoms with Gasteiger partial charge in [0.15, 0.2) is 0 Å². The Morgan fingerprint density at radius 3 is 3.00 bits per heavy atom. The number of hydrogen-bond donors (Lipinski definition) is 1. The molecule has 1 unspecified atom stereocenters. The van der Waals surface area contributed by atoms with E-state index in [1.165, 1.54) is 0 Å². The zero-order valence-electron chi connectivity index (χ0n) is 9.91. The van der Waals surface area contributed by atoms with Gasteiger partial charge in [0.1, 0.15) is 5.54 Å². The summed E-state index contributed by atoms with van der Waals surface area (Å²) in [7, 11) is 0. The average Bonchev–Trinajstić information content (AvgIpc) is 2.32. The van der Waals surface area contributed by atoms with Crippen LogP contribution in [0.3, 0.4) is 0 Å². The molecule has 1 saturated heterocycles. The lowest BCUT2D eigenvalue weighted by Crippen LogP contribution is -2.53. The standard InChI is InChI=1S/C13H16ClN3/c1-10-3-4-11(14)7-12(10)17-6-2-5-13(16,8-15)9-17/h3-4,7H,2,5-6,9,16H2,1H3. The van der Waals surface area contributed by atoms with Crippen molar-refractivity contribution in [2.24, 2.45) is 5.73 Å². The first-order valence-electron chi connectivity index (χ1n) is 5.75. The summed E-state index contributed by atoms with van der Waals surface area (Å²) in [5, 5.41) is 9.83. The molecule has 3 nitrogen and oxygen atoms in total. The summed E-state index contributed by atoms with van der Waals surface area (Å²) in [6.45, 7) is 3.55. The van der Waals surface area contributed by atoms with Crippen LogP contribution in [0.4, 0.5) is 5.69 Å². The number of anilines is 1. The van der Waals surface area contributed by atoms with Crippen LogP contribution in [0.25, 0.3) is 0 Å². The van der Waals surface area contributed by atoms with Crippen molar-refractivity contribution in [3.63, 3.8) is 0 Å². The van der Waals surface area contributed by atoms with Crippen molar-refractivity contribution in [3.8, 4) is 6.07 Å². The highest BCUT2D eigenvalue weighted by Crippen LogP contribution is 2.29. The Morgan fingerprint density at radius 2 is 2.29 bits per heavy atom. The second-order valence-corrected chi connectivity index (χ2v) is 5.16. The largest absolute Gasteiger partial charge is 0.368 e. The van der Waals surface area contributed by atoms with Crippen molar-refractivity contribution < 1.29 is 0 Å². The number of hydrogen-bond acceptors (Lipinski definition) is 3. The van der Waals surface area contributed by atoms with E-state index in [4.69, 9.17) is 22.6 Å². The molecule has 0 bridgehead atoms. The Bertz CT molecular complexity index is 466. The molecule has 1 aromatic carbocycles. The van der Waals surface area contributed by atoms with Gasteiger partial charge in [0.05, 0.1) is 6.07 Å². The van der Waals surface area contributed by atoms with Gasteiger partial charge in [-0.3, -0.25) is 0 Å². The molecule has 1 aromatic rings. The van der Waals surface area contributed by atoms with E-state index < -0.39 is 5.54 Å². The molecule has 17 heavy (non-hydrogen) atoms. The molecule has 0 aromatic heterocycles. The van der Waals surface area contributed by atoms with Crippen molar-refractivity contribution >= 4 is 17.3 Å². The number of benzene rings is 1. The molecule has 1 atom stereocenters. The molecule has 90 valence electrons. The van der Waals surface area contributed by atoms with E-state index in [-0.39, 0.29) is 0 Å². The molecule has 1 heterocycles. The van der Waals surface area contributed by atoms with Gasteiger partial charge in [0.2, 0.25) is 0 Å². The molecule has 4 heteroatoms. The summed E-state index contributed by atoms with van der Waals surface area (Å²) in [6, 6.07) is 8.04. The number of rotatable bonds is 1. The third-order valence-electron chi connectivity index (χ3n) is 3.26. The molecule has 1 fully saturated rings. The predicted octanol–water partition coefficient (Wildman–Crippen LogP) is 2.47. The minimum Gasteiger partial charge on any atom is -0.368 e. The van der Waals surface area contributed by atoms with Crippen LogP contribution in [0.5, 0.6) is 0 Å². The average molecular weight is 250 g/mol. The highest BCUT2D eigenvalue weighted by atomic mass is 35.5. The lowest BCUT2D eigenvalue weighted by Gasteiger charge is -2.38. The van der Waals surface area contributed by atoms with E-state index in [1.54, 1.807) is 0 Å². The molecule has 2 N–H and O–H groups in total. The fourth-order valence-electron chi connectivity index (χ4n) is 2.30. The first kappa shape index (κ1) is 12.2. The SMILES string of the molecule is Cc1ccc(Cl)cc1N1CCCC(N)(C#N)C1. The lowest BCUT2D eigenvalue weighted by atomic mass is 9.91. The zero-order valence-corrected chi connectivity index (χ0v) is 10.7. The molecule has 1 aliphatic rings. The topological polar surface area (TPSA) is 53.0 Å². The molecular formula is C13H16ClN3. The molecule has 1 aliphatic heterocycles. The molecule has 0 aliphatic carbocycles. The van der Waals surface area contributed by atoms with Crippen LogP contribution in [-0.2, 0) is 0 Å². The first-order chi connectivity index (χ1) is 8.04. The third-order valence-corrected chi connectivity index (χ3v) is 3.49. The number of nitriles is 1. The molecule has 2 rings (SSSR count). The summed E-state index contributed by atoms with van der Waals surface area (Å²) in [6.07, 6.45) is 1.70. The number of piperidine rings is 1. The fraction of sp³-hybridized carbons (Fsp3) is 0.462.